The van der Waals surface area contributed by atoms with Crippen LogP contribution in [0.25, 0.3) is 0 Å². The zero-order valence-corrected chi connectivity index (χ0v) is 17.0. The van der Waals surface area contributed by atoms with Crippen molar-refractivity contribution in [2.75, 3.05) is 0 Å². The molecule has 2 heterocycles. The number of rotatable bonds is 7. The third-order valence-electron chi connectivity index (χ3n) is 4.23. The maximum atomic E-state index is 13.1. The summed E-state index contributed by atoms with van der Waals surface area (Å²) in [5.74, 6) is -0.276. The molecule has 1 aromatic carbocycles. The number of nitrogens with zero attached hydrogens (tertiary/aromatic N) is 6. The van der Waals surface area contributed by atoms with E-state index in [1.165, 1.54) is 12.4 Å². The van der Waals surface area contributed by atoms with Gasteiger partial charge in [0.25, 0.3) is 11.6 Å². The topological polar surface area (TPSA) is 107 Å². The Morgan fingerprint density at radius 2 is 2.14 bits per heavy atom. The molecule has 0 spiro atoms. The summed E-state index contributed by atoms with van der Waals surface area (Å²) in [6, 6.07) is 8.11. The van der Waals surface area contributed by atoms with Gasteiger partial charge >= 0.3 is 0 Å². The van der Waals surface area contributed by atoms with Gasteiger partial charge in [-0.25, -0.2) is 0 Å². The largest absolute Gasteiger partial charge is 0.332 e. The van der Waals surface area contributed by atoms with Crippen LogP contribution in [-0.2, 0) is 13.6 Å². The molecule has 9 nitrogen and oxygen atoms in total. The molecule has 0 saturated heterocycles. The van der Waals surface area contributed by atoms with Gasteiger partial charge in [0.15, 0.2) is 5.16 Å². The Balaban J connectivity index is 1.90. The molecule has 0 N–H and O–H groups in total. The summed E-state index contributed by atoms with van der Waals surface area (Å²) in [5, 5.41) is 19.9. The van der Waals surface area contributed by atoms with Crippen LogP contribution in [0.4, 0.5) is 5.69 Å². The molecule has 3 rings (SSSR count). The summed E-state index contributed by atoms with van der Waals surface area (Å²) < 4.78 is 1.67. The second kappa shape index (κ2) is 8.82. The number of amides is 1. The number of hydrogen-bond acceptors (Lipinski definition) is 7. The smallest absolute Gasteiger partial charge is 0.284 e. The van der Waals surface area contributed by atoms with E-state index in [2.05, 4.69) is 15.2 Å². The molecule has 0 aliphatic heterocycles. The van der Waals surface area contributed by atoms with Gasteiger partial charge in [-0.1, -0.05) is 6.07 Å². The lowest BCUT2D eigenvalue weighted by molar-refractivity contribution is -0.387. The summed E-state index contributed by atoms with van der Waals surface area (Å²) in [4.78, 5) is 30.4. The van der Waals surface area contributed by atoms with Crippen LogP contribution in [0.5, 0.6) is 0 Å². The maximum absolute atomic E-state index is 13.1. The van der Waals surface area contributed by atoms with E-state index >= 15 is 0 Å². The number of pyridine rings is 1. The molecule has 0 fully saturated rings. The normalized spacial score (nSPS) is 10.9. The summed E-state index contributed by atoms with van der Waals surface area (Å²) >= 11 is 1.13. The standard InChI is InChI=1S/C19H20N6O3S/c1-13(2)24(11-14-5-4-8-20-10-14)18(26)15-6-7-17(16(9-15)25(27)28)29-19-22-21-12-23(19)3/h4-10,12-13H,11H2,1-3H3. The molecule has 0 bridgehead atoms. The predicted molar refractivity (Wildman–Crippen MR) is 107 cm³/mol. The molecule has 10 heteroatoms. The van der Waals surface area contributed by atoms with E-state index in [9.17, 15) is 14.9 Å². The van der Waals surface area contributed by atoms with Gasteiger partial charge < -0.3 is 9.47 Å². The quantitative estimate of drug-likeness (QED) is 0.433. The van der Waals surface area contributed by atoms with Gasteiger partial charge in [0, 0.05) is 43.7 Å². The van der Waals surface area contributed by atoms with Gasteiger partial charge in [-0.05, 0) is 49.4 Å². The lowest BCUT2D eigenvalue weighted by atomic mass is 10.1. The molecular weight excluding hydrogens is 392 g/mol. The lowest BCUT2D eigenvalue weighted by Crippen LogP contribution is -2.36. The minimum atomic E-state index is -0.490. The van der Waals surface area contributed by atoms with Gasteiger partial charge in [-0.3, -0.25) is 19.9 Å². The zero-order valence-electron chi connectivity index (χ0n) is 16.2. The number of aromatic nitrogens is 4. The average molecular weight is 412 g/mol. The highest BCUT2D eigenvalue weighted by Crippen LogP contribution is 2.34. The number of nitro benzene ring substituents is 1. The van der Waals surface area contributed by atoms with E-state index in [4.69, 9.17) is 0 Å². The van der Waals surface area contributed by atoms with Crippen molar-refractivity contribution < 1.29 is 9.72 Å². The van der Waals surface area contributed by atoms with Crippen LogP contribution in [0.15, 0.2) is 59.1 Å². The highest BCUT2D eigenvalue weighted by molar-refractivity contribution is 7.99. The van der Waals surface area contributed by atoms with Crippen molar-refractivity contribution in [1.82, 2.24) is 24.6 Å². The van der Waals surface area contributed by atoms with E-state index in [1.54, 1.807) is 41.0 Å². The fraction of sp³-hybridized carbons (Fsp3) is 0.263. The number of carbonyl (C=O) groups is 1. The Morgan fingerprint density at radius 3 is 2.72 bits per heavy atom. The minimum absolute atomic E-state index is 0.0885. The van der Waals surface area contributed by atoms with Crippen LogP contribution in [0.1, 0.15) is 29.8 Å². The average Bonchev–Trinajstić information content (AvgIpc) is 3.11. The molecule has 2 aromatic heterocycles. The van der Waals surface area contributed by atoms with E-state index in [0.717, 1.165) is 17.3 Å². The van der Waals surface area contributed by atoms with Gasteiger partial charge in [-0.15, -0.1) is 10.2 Å². The first-order valence-electron chi connectivity index (χ1n) is 8.87. The van der Waals surface area contributed by atoms with Crippen LogP contribution in [0.3, 0.4) is 0 Å². The lowest BCUT2D eigenvalue weighted by Gasteiger charge is -2.27. The van der Waals surface area contributed by atoms with Crippen LogP contribution in [0.2, 0.25) is 0 Å². The van der Waals surface area contributed by atoms with Gasteiger partial charge in [0.1, 0.15) is 6.33 Å². The van der Waals surface area contributed by atoms with E-state index < -0.39 is 4.92 Å². The highest BCUT2D eigenvalue weighted by Gasteiger charge is 2.24. The highest BCUT2D eigenvalue weighted by atomic mass is 32.2. The van der Waals surface area contributed by atoms with Gasteiger partial charge in [0.05, 0.1) is 9.82 Å². The van der Waals surface area contributed by atoms with Gasteiger partial charge in [0.2, 0.25) is 0 Å². The summed E-state index contributed by atoms with van der Waals surface area (Å²) in [6.45, 7) is 4.18. The Labute approximate surface area is 171 Å². The fourth-order valence-corrected chi connectivity index (χ4v) is 3.54. The van der Waals surface area contributed by atoms with Crippen molar-refractivity contribution in [3.63, 3.8) is 0 Å². The number of hydrogen-bond donors (Lipinski definition) is 0. The summed E-state index contributed by atoms with van der Waals surface area (Å²) in [5.41, 5.74) is 1.00. The molecule has 0 atom stereocenters. The van der Waals surface area contributed by atoms with Crippen molar-refractivity contribution in [3.05, 3.63) is 70.3 Å². The molecule has 3 aromatic rings. The Hall–Kier alpha value is -3.27. The fourth-order valence-electron chi connectivity index (χ4n) is 2.69. The molecule has 0 saturated carbocycles. The molecule has 0 unspecified atom stereocenters. The number of carbonyl (C=O) groups excluding carboxylic acids is 1. The van der Waals surface area contributed by atoms with Crippen LogP contribution in [0, 0.1) is 10.1 Å². The summed E-state index contributed by atoms with van der Waals surface area (Å²) in [7, 11) is 1.75. The Kier molecular flexibility index (Phi) is 6.23. The van der Waals surface area contributed by atoms with Crippen LogP contribution < -0.4 is 0 Å². The number of aryl methyl sites for hydroxylation is 1. The second-order valence-electron chi connectivity index (χ2n) is 6.65. The number of benzene rings is 1. The molecule has 29 heavy (non-hydrogen) atoms. The van der Waals surface area contributed by atoms with Crippen molar-refractivity contribution in [2.45, 2.75) is 36.5 Å². The Morgan fingerprint density at radius 1 is 1.34 bits per heavy atom. The SMILES string of the molecule is CC(C)N(Cc1cccnc1)C(=O)c1ccc(Sc2nncn2C)c([N+](=O)[O-])c1. The first kappa shape index (κ1) is 20.5. The Bertz CT molecular complexity index is 1020. The maximum Gasteiger partial charge on any atom is 0.284 e. The summed E-state index contributed by atoms with van der Waals surface area (Å²) in [6.07, 6.45) is 4.89. The third-order valence-corrected chi connectivity index (χ3v) is 5.35. The molecule has 0 radical (unpaired) electrons. The third kappa shape index (κ3) is 4.77. The van der Waals surface area contributed by atoms with Crippen molar-refractivity contribution in [3.8, 4) is 0 Å². The van der Waals surface area contributed by atoms with Gasteiger partial charge in [-0.2, -0.15) is 0 Å². The van der Waals surface area contributed by atoms with E-state index in [0.29, 0.717) is 16.6 Å². The monoisotopic (exact) mass is 412 g/mol. The van der Waals surface area contributed by atoms with Crippen molar-refractivity contribution >= 4 is 23.4 Å². The minimum Gasteiger partial charge on any atom is -0.332 e. The first-order valence-corrected chi connectivity index (χ1v) is 9.68. The van der Waals surface area contributed by atoms with Crippen molar-refractivity contribution in [2.24, 2.45) is 7.05 Å². The second-order valence-corrected chi connectivity index (χ2v) is 7.66. The van der Waals surface area contributed by atoms with Crippen LogP contribution in [-0.4, -0.2) is 41.5 Å². The molecule has 1 amide bonds. The van der Waals surface area contributed by atoms with Crippen LogP contribution >= 0.6 is 11.8 Å². The molecule has 0 aliphatic rings. The molecule has 0 aliphatic carbocycles. The van der Waals surface area contributed by atoms with Crippen molar-refractivity contribution in [1.29, 1.82) is 0 Å². The predicted octanol–water partition coefficient (Wildman–Crippen LogP) is 3.32. The number of nitro groups is 1. The van der Waals surface area contributed by atoms with E-state index in [1.807, 2.05) is 26.0 Å². The molecule has 150 valence electrons. The molecular formula is C19H20N6O3S. The first-order chi connectivity index (χ1) is 13.9. The van der Waals surface area contributed by atoms with E-state index in [-0.39, 0.29) is 23.2 Å². The zero-order chi connectivity index (χ0) is 21.0.